The molecule has 0 spiro atoms. The molecule has 12 heavy (non-hydrogen) atoms. The fourth-order valence-electron chi connectivity index (χ4n) is 1.56. The molecule has 1 aliphatic heterocycles. The van der Waals surface area contributed by atoms with Gasteiger partial charge in [-0.3, -0.25) is 4.90 Å². The van der Waals surface area contributed by atoms with Gasteiger partial charge in [-0.15, -0.1) is 12.6 Å². The zero-order valence-electron chi connectivity index (χ0n) is 7.82. The lowest BCUT2D eigenvalue weighted by Gasteiger charge is -2.42. The molecule has 0 saturated carbocycles. The van der Waals surface area contributed by atoms with Crippen molar-refractivity contribution in [1.29, 1.82) is 0 Å². The fraction of sp³-hybridized carbons (Fsp3) is 0.875. The van der Waals surface area contributed by atoms with Crippen molar-refractivity contribution >= 4 is 29.2 Å². The third kappa shape index (κ3) is 2.12. The number of piperazine rings is 1. The lowest BCUT2D eigenvalue weighted by molar-refractivity contribution is 0.102. The molecule has 1 rings (SSSR count). The van der Waals surface area contributed by atoms with E-state index < -0.39 is 0 Å². The SMILES string of the molecule is CC1CN(C(=S)S)CC(C)N1C. The van der Waals surface area contributed by atoms with Crippen LogP contribution in [0, 0.1) is 0 Å². The third-order valence-corrected chi connectivity index (χ3v) is 3.17. The molecule has 1 heterocycles. The molecule has 2 nitrogen and oxygen atoms in total. The summed E-state index contributed by atoms with van der Waals surface area (Å²) in [6.45, 7) is 6.44. The number of hydrogen-bond acceptors (Lipinski definition) is 2. The van der Waals surface area contributed by atoms with Gasteiger partial charge in [0.1, 0.15) is 4.32 Å². The molecule has 2 unspecified atom stereocenters. The molecule has 1 aliphatic rings. The van der Waals surface area contributed by atoms with Gasteiger partial charge in [0.25, 0.3) is 0 Å². The highest BCUT2D eigenvalue weighted by atomic mass is 32.1. The molecule has 70 valence electrons. The summed E-state index contributed by atoms with van der Waals surface area (Å²) < 4.78 is 0.724. The highest BCUT2D eigenvalue weighted by Crippen LogP contribution is 2.14. The molecular weight excluding hydrogens is 188 g/mol. The van der Waals surface area contributed by atoms with Crippen molar-refractivity contribution < 1.29 is 0 Å². The van der Waals surface area contributed by atoms with Crippen LogP contribution in [0.2, 0.25) is 0 Å². The molecule has 0 amide bonds. The smallest absolute Gasteiger partial charge is 0.133 e. The molecule has 0 aromatic heterocycles. The second-order valence-electron chi connectivity index (χ2n) is 3.55. The van der Waals surface area contributed by atoms with Crippen LogP contribution in [0.25, 0.3) is 0 Å². The Morgan fingerprint density at radius 3 is 2.08 bits per heavy atom. The second-order valence-corrected chi connectivity index (χ2v) is 4.66. The van der Waals surface area contributed by atoms with E-state index in [4.69, 9.17) is 12.2 Å². The second kappa shape index (κ2) is 3.94. The van der Waals surface area contributed by atoms with Crippen LogP contribution in [0.3, 0.4) is 0 Å². The van der Waals surface area contributed by atoms with Gasteiger partial charge in [-0.2, -0.15) is 0 Å². The minimum Gasteiger partial charge on any atom is -0.355 e. The normalized spacial score (nSPS) is 32.2. The van der Waals surface area contributed by atoms with E-state index in [2.05, 4.69) is 43.3 Å². The number of hydrogen-bond donors (Lipinski definition) is 1. The number of likely N-dealkylation sites (N-methyl/N-ethyl adjacent to an activating group) is 1. The first-order valence-corrected chi connectivity index (χ1v) is 5.07. The summed E-state index contributed by atoms with van der Waals surface area (Å²) in [5.41, 5.74) is 0. The van der Waals surface area contributed by atoms with Crippen molar-refractivity contribution in [3.8, 4) is 0 Å². The van der Waals surface area contributed by atoms with E-state index >= 15 is 0 Å². The zero-order valence-corrected chi connectivity index (χ0v) is 9.53. The molecule has 0 aromatic rings. The summed E-state index contributed by atoms with van der Waals surface area (Å²) >= 11 is 9.22. The quantitative estimate of drug-likeness (QED) is 0.469. The Hall–Kier alpha value is 0.200. The van der Waals surface area contributed by atoms with E-state index in [0.29, 0.717) is 12.1 Å². The molecule has 1 saturated heterocycles. The molecule has 0 aliphatic carbocycles. The van der Waals surface area contributed by atoms with Gasteiger partial charge in [0, 0.05) is 25.2 Å². The molecule has 0 radical (unpaired) electrons. The monoisotopic (exact) mass is 204 g/mol. The Kier molecular flexibility index (Phi) is 3.37. The van der Waals surface area contributed by atoms with Crippen LogP contribution >= 0.6 is 24.8 Å². The summed E-state index contributed by atoms with van der Waals surface area (Å²) in [5.74, 6) is 0. The van der Waals surface area contributed by atoms with Gasteiger partial charge in [0.2, 0.25) is 0 Å². The Bertz CT molecular complexity index is 172. The number of thiol groups is 1. The molecule has 1 fully saturated rings. The van der Waals surface area contributed by atoms with Crippen molar-refractivity contribution in [1.82, 2.24) is 9.80 Å². The summed E-state index contributed by atoms with van der Waals surface area (Å²) in [7, 11) is 2.16. The van der Waals surface area contributed by atoms with Crippen LogP contribution in [0.15, 0.2) is 0 Å². The van der Waals surface area contributed by atoms with Crippen LogP contribution in [0.5, 0.6) is 0 Å². The highest BCUT2D eigenvalue weighted by Gasteiger charge is 2.26. The Balaban J connectivity index is 2.59. The predicted molar refractivity (Wildman–Crippen MR) is 59.8 cm³/mol. The standard InChI is InChI=1S/C8H16N2S2/c1-6-4-10(8(11)12)5-7(2)9(6)3/h6-7H,4-5H2,1-3H3,(H,11,12). The van der Waals surface area contributed by atoms with Gasteiger partial charge < -0.3 is 4.90 Å². The van der Waals surface area contributed by atoms with Crippen LogP contribution in [-0.4, -0.2) is 46.3 Å². The van der Waals surface area contributed by atoms with Crippen LogP contribution in [0.4, 0.5) is 0 Å². The maximum Gasteiger partial charge on any atom is 0.133 e. The van der Waals surface area contributed by atoms with Gasteiger partial charge in [-0.1, -0.05) is 12.2 Å². The molecule has 0 aromatic carbocycles. The molecule has 0 N–H and O–H groups in total. The first-order valence-electron chi connectivity index (χ1n) is 4.22. The summed E-state index contributed by atoms with van der Waals surface area (Å²) in [6, 6.07) is 1.14. The van der Waals surface area contributed by atoms with Crippen LogP contribution in [0.1, 0.15) is 13.8 Å². The minimum absolute atomic E-state index is 0.568. The zero-order chi connectivity index (χ0) is 9.30. The highest BCUT2D eigenvalue weighted by molar-refractivity contribution is 8.10. The first kappa shape index (κ1) is 10.3. The van der Waals surface area contributed by atoms with Gasteiger partial charge >= 0.3 is 0 Å². The molecule has 0 bridgehead atoms. The number of nitrogens with zero attached hydrogens (tertiary/aromatic N) is 2. The maximum absolute atomic E-state index is 5.03. The molecule has 4 heteroatoms. The maximum atomic E-state index is 5.03. The van der Waals surface area contributed by atoms with Gasteiger partial charge in [-0.25, -0.2) is 0 Å². The van der Waals surface area contributed by atoms with Crippen molar-refractivity contribution in [2.45, 2.75) is 25.9 Å². The average Bonchev–Trinajstić information content (AvgIpc) is 1.99. The summed E-state index contributed by atoms with van der Waals surface area (Å²) in [6.07, 6.45) is 0. The van der Waals surface area contributed by atoms with Crippen molar-refractivity contribution in [2.75, 3.05) is 20.1 Å². The van der Waals surface area contributed by atoms with Gasteiger partial charge in [-0.05, 0) is 20.9 Å². The van der Waals surface area contributed by atoms with E-state index in [1.807, 2.05) is 0 Å². The topological polar surface area (TPSA) is 6.48 Å². The minimum atomic E-state index is 0.568. The van der Waals surface area contributed by atoms with Crippen LogP contribution < -0.4 is 0 Å². The largest absolute Gasteiger partial charge is 0.355 e. The van der Waals surface area contributed by atoms with Crippen molar-refractivity contribution in [3.05, 3.63) is 0 Å². The lowest BCUT2D eigenvalue weighted by Crippen LogP contribution is -2.55. The molecular formula is C8H16N2S2. The van der Waals surface area contributed by atoms with Gasteiger partial charge in [0.05, 0.1) is 0 Å². The Morgan fingerprint density at radius 2 is 1.75 bits per heavy atom. The number of thiocarbonyl (C=S) groups is 1. The van der Waals surface area contributed by atoms with E-state index in [1.165, 1.54) is 0 Å². The fourth-order valence-corrected chi connectivity index (χ4v) is 1.87. The van der Waals surface area contributed by atoms with Gasteiger partial charge in [0.15, 0.2) is 0 Å². The Labute approximate surface area is 85.3 Å². The van der Waals surface area contributed by atoms with E-state index in [9.17, 15) is 0 Å². The van der Waals surface area contributed by atoms with E-state index in [0.717, 1.165) is 17.4 Å². The Morgan fingerprint density at radius 1 is 1.33 bits per heavy atom. The van der Waals surface area contributed by atoms with E-state index in [-0.39, 0.29) is 0 Å². The molecule has 2 atom stereocenters. The van der Waals surface area contributed by atoms with Crippen LogP contribution in [-0.2, 0) is 0 Å². The summed E-state index contributed by atoms with van der Waals surface area (Å²) in [4.78, 5) is 4.54. The van der Waals surface area contributed by atoms with E-state index in [1.54, 1.807) is 0 Å². The predicted octanol–water partition coefficient (Wildman–Crippen LogP) is 1.23. The lowest BCUT2D eigenvalue weighted by atomic mass is 10.1. The first-order chi connectivity index (χ1) is 5.52. The summed E-state index contributed by atoms with van der Waals surface area (Å²) in [5, 5.41) is 0. The van der Waals surface area contributed by atoms with Crippen molar-refractivity contribution in [3.63, 3.8) is 0 Å². The third-order valence-electron chi connectivity index (χ3n) is 2.63. The number of rotatable bonds is 0. The van der Waals surface area contributed by atoms with Crippen molar-refractivity contribution in [2.24, 2.45) is 0 Å². The average molecular weight is 204 g/mol.